The molecular formula is C29H23INO+. The first kappa shape index (κ1) is 19.7. The monoisotopic (exact) mass is 528 g/mol. The Morgan fingerprint density at radius 1 is 0.844 bits per heavy atom. The second-order valence-corrected chi connectivity index (χ2v) is 11.2. The first-order valence-corrected chi connectivity index (χ1v) is 11.9. The van der Waals surface area contributed by atoms with Gasteiger partial charge in [0.05, 0.1) is 8.99 Å². The van der Waals surface area contributed by atoms with Crippen molar-refractivity contribution in [3.8, 4) is 0 Å². The van der Waals surface area contributed by atoms with Gasteiger partial charge in [0, 0.05) is 16.8 Å². The van der Waals surface area contributed by atoms with Gasteiger partial charge in [0.15, 0.2) is 6.20 Å². The molecule has 32 heavy (non-hydrogen) atoms. The van der Waals surface area contributed by atoms with Crippen molar-refractivity contribution >= 4 is 71.8 Å². The van der Waals surface area contributed by atoms with Crippen LogP contribution in [0.4, 0.5) is 0 Å². The number of aryl methyl sites for hydroxylation is 1. The molecule has 0 fully saturated rings. The zero-order chi connectivity index (χ0) is 22.0. The normalized spacial score (nSPS) is 19.0. The fraction of sp³-hybridized carbons (Fsp3) is 0.138. The maximum atomic E-state index is 6.57. The number of furan rings is 1. The minimum atomic E-state index is -0.0117. The predicted octanol–water partition coefficient (Wildman–Crippen LogP) is 7.91. The zero-order valence-corrected chi connectivity index (χ0v) is 20.5. The Hall–Kier alpha value is -2.92. The molecule has 3 heteroatoms. The lowest BCUT2D eigenvalue weighted by Gasteiger charge is -2.08. The number of fused-ring (bicyclic) bond motifs is 6. The molecule has 0 saturated heterocycles. The zero-order valence-electron chi connectivity index (χ0n) is 18.3. The molecule has 1 aliphatic rings. The van der Waals surface area contributed by atoms with Crippen molar-refractivity contribution in [3.63, 3.8) is 0 Å². The van der Waals surface area contributed by atoms with Gasteiger partial charge in [0.2, 0.25) is 5.71 Å². The van der Waals surface area contributed by atoms with E-state index < -0.39 is 0 Å². The molecule has 5 aromatic rings. The number of allylic oxidation sites excluding steroid dienone is 3. The van der Waals surface area contributed by atoms with Crippen LogP contribution in [-0.2, 0) is 0 Å². The summed E-state index contributed by atoms with van der Waals surface area (Å²) in [6.45, 7) is 4.38. The van der Waals surface area contributed by atoms with E-state index in [4.69, 9.17) is 4.42 Å². The third-order valence-electron chi connectivity index (χ3n) is 6.54. The summed E-state index contributed by atoms with van der Waals surface area (Å²) in [6.07, 6.45) is 8.86. The average Bonchev–Trinajstić information content (AvgIpc) is 3.08. The molecule has 0 radical (unpaired) electrons. The lowest BCUT2D eigenvalue weighted by Crippen LogP contribution is -2.12. The highest BCUT2D eigenvalue weighted by Crippen LogP contribution is 2.37. The van der Waals surface area contributed by atoms with Crippen LogP contribution in [0.2, 0.25) is 0 Å². The van der Waals surface area contributed by atoms with Crippen LogP contribution in [0, 0.1) is 6.92 Å². The van der Waals surface area contributed by atoms with E-state index in [0.717, 1.165) is 27.8 Å². The third-order valence-corrected chi connectivity index (χ3v) is 7.26. The quantitative estimate of drug-likeness (QED) is 0.0935. The maximum Gasteiger partial charge on any atom is 0.216 e. The number of benzene rings is 4. The molecule has 1 aliphatic heterocycles. The molecule has 4 aromatic carbocycles. The molecule has 2 heterocycles. The lowest BCUT2D eigenvalue weighted by molar-refractivity contribution is -0.420. The summed E-state index contributed by atoms with van der Waals surface area (Å²) in [5.74, 6) is 0. The molecule has 156 valence electrons. The van der Waals surface area contributed by atoms with Crippen LogP contribution in [0.1, 0.15) is 18.1 Å². The van der Waals surface area contributed by atoms with Gasteiger partial charge in [-0.2, -0.15) is 0 Å². The highest BCUT2D eigenvalue weighted by atomic mass is 127. The van der Waals surface area contributed by atoms with Crippen molar-refractivity contribution in [2.75, 3.05) is 7.05 Å². The second kappa shape index (κ2) is 7.04. The highest BCUT2D eigenvalue weighted by Gasteiger charge is 2.25. The molecule has 0 bridgehead atoms. The van der Waals surface area contributed by atoms with E-state index in [1.807, 2.05) is 0 Å². The molecule has 6 rings (SSSR count). The Kier molecular flexibility index (Phi) is 4.34. The molecule has 2 nitrogen and oxygen atoms in total. The highest BCUT2D eigenvalue weighted by molar-refractivity contribution is 14.1. The summed E-state index contributed by atoms with van der Waals surface area (Å²) < 4.78 is 8.75. The van der Waals surface area contributed by atoms with E-state index in [0.29, 0.717) is 0 Å². The number of halogens is 1. The van der Waals surface area contributed by atoms with E-state index in [2.05, 4.69) is 133 Å². The van der Waals surface area contributed by atoms with Crippen molar-refractivity contribution in [3.05, 3.63) is 96.2 Å². The number of rotatable bonds is 1. The van der Waals surface area contributed by atoms with Crippen LogP contribution in [-0.4, -0.2) is 20.8 Å². The van der Waals surface area contributed by atoms with Crippen LogP contribution in [0.15, 0.2) is 89.5 Å². The van der Waals surface area contributed by atoms with Gasteiger partial charge in [-0.05, 0) is 59.2 Å². The summed E-state index contributed by atoms with van der Waals surface area (Å²) in [7, 11) is 2.11. The van der Waals surface area contributed by atoms with Gasteiger partial charge in [0.1, 0.15) is 18.2 Å². The summed E-state index contributed by atoms with van der Waals surface area (Å²) in [6, 6.07) is 21.9. The van der Waals surface area contributed by atoms with Crippen LogP contribution in [0.3, 0.4) is 0 Å². The molecule has 1 unspecified atom stereocenters. The van der Waals surface area contributed by atoms with Crippen molar-refractivity contribution in [1.82, 2.24) is 0 Å². The van der Waals surface area contributed by atoms with Crippen LogP contribution >= 0.6 is 22.6 Å². The van der Waals surface area contributed by atoms with Gasteiger partial charge < -0.3 is 4.42 Å². The summed E-state index contributed by atoms with van der Waals surface area (Å²) in [5, 5.41) is 7.34. The number of hydrogen-bond donors (Lipinski definition) is 0. The van der Waals surface area contributed by atoms with Crippen molar-refractivity contribution < 1.29 is 8.99 Å². The number of nitrogens with zero attached hydrogens (tertiary/aromatic N) is 1. The maximum absolute atomic E-state index is 6.57. The predicted molar refractivity (Wildman–Crippen MR) is 144 cm³/mol. The third kappa shape index (κ3) is 3.02. The van der Waals surface area contributed by atoms with E-state index >= 15 is 0 Å². The topological polar surface area (TPSA) is 16.1 Å². The molecule has 0 spiro atoms. The fourth-order valence-corrected chi connectivity index (χ4v) is 5.11. The Morgan fingerprint density at radius 2 is 1.66 bits per heavy atom. The smallest absolute Gasteiger partial charge is 0.216 e. The molecule has 1 aromatic heterocycles. The molecule has 0 N–H and O–H groups in total. The van der Waals surface area contributed by atoms with Crippen LogP contribution in [0.5, 0.6) is 0 Å². The first-order valence-electron chi connectivity index (χ1n) is 10.9. The van der Waals surface area contributed by atoms with E-state index in [1.165, 1.54) is 32.5 Å². The van der Waals surface area contributed by atoms with Crippen LogP contribution in [0.25, 0.3) is 43.5 Å². The van der Waals surface area contributed by atoms with E-state index in [1.54, 1.807) is 0 Å². The standard InChI is InChI=1S/C29H23INO/c1-18-8-11-22-24-17-23-20(10-9-19-6-4-5-7-21(19)23)16-26(24)32-28(22)27(18)25-12-13-29(2,30)14-15-31(25)3/h4-17H,1-3H3/q+1. The lowest BCUT2D eigenvalue weighted by atomic mass is 9.97. The molecule has 1 atom stereocenters. The summed E-state index contributed by atoms with van der Waals surface area (Å²) >= 11 is 2.47. The molecule has 0 amide bonds. The average molecular weight is 528 g/mol. The summed E-state index contributed by atoms with van der Waals surface area (Å²) in [5.41, 5.74) is 5.41. The second-order valence-electron chi connectivity index (χ2n) is 8.89. The number of alkyl halides is 1. The van der Waals surface area contributed by atoms with Crippen LogP contribution < -0.4 is 0 Å². The SMILES string of the molecule is Cc1ccc2c(oc3cc4ccc5ccccc5c4cc32)c1C1=[N+](C)C=CC(C)(I)C=C1. The molecule has 0 saturated carbocycles. The largest absolute Gasteiger partial charge is 0.455 e. The van der Waals surface area contributed by atoms with Crippen molar-refractivity contribution in [2.45, 2.75) is 17.3 Å². The first-order chi connectivity index (χ1) is 15.4. The molecular weight excluding hydrogens is 505 g/mol. The van der Waals surface area contributed by atoms with Gasteiger partial charge >= 0.3 is 0 Å². The Bertz CT molecular complexity index is 1660. The van der Waals surface area contributed by atoms with Gasteiger partial charge in [-0.25, -0.2) is 4.58 Å². The van der Waals surface area contributed by atoms with Gasteiger partial charge in [0.25, 0.3) is 0 Å². The molecule has 0 aliphatic carbocycles. The minimum Gasteiger partial charge on any atom is -0.455 e. The van der Waals surface area contributed by atoms with Gasteiger partial charge in [-0.15, -0.1) is 0 Å². The summed E-state index contributed by atoms with van der Waals surface area (Å²) in [4.78, 5) is 0. The van der Waals surface area contributed by atoms with E-state index in [9.17, 15) is 0 Å². The number of hydrogen-bond acceptors (Lipinski definition) is 1. The van der Waals surface area contributed by atoms with Gasteiger partial charge in [-0.3, -0.25) is 0 Å². The Balaban J connectivity index is 1.69. The van der Waals surface area contributed by atoms with Crippen molar-refractivity contribution in [2.24, 2.45) is 0 Å². The fourth-order valence-electron chi connectivity index (χ4n) is 4.77. The Labute approximate surface area is 200 Å². The van der Waals surface area contributed by atoms with Gasteiger partial charge in [-0.1, -0.05) is 77.2 Å². The minimum absolute atomic E-state index is 0.0117. The van der Waals surface area contributed by atoms with Crippen molar-refractivity contribution in [1.29, 1.82) is 0 Å². The Morgan fingerprint density at radius 3 is 2.53 bits per heavy atom. The van der Waals surface area contributed by atoms with E-state index in [-0.39, 0.29) is 3.42 Å².